The molecule has 3 aromatic carbocycles. The van der Waals surface area contributed by atoms with Gasteiger partial charge in [0.15, 0.2) is 6.61 Å². The van der Waals surface area contributed by atoms with E-state index in [1.807, 2.05) is 32.0 Å². The van der Waals surface area contributed by atoms with E-state index >= 15 is 0 Å². The van der Waals surface area contributed by atoms with Crippen molar-refractivity contribution < 1.29 is 23.8 Å². The Bertz CT molecular complexity index is 1110. The molecular formula is C25H24N2O5. The van der Waals surface area contributed by atoms with Gasteiger partial charge in [-0.25, -0.2) is 10.2 Å². The van der Waals surface area contributed by atoms with Crippen molar-refractivity contribution in [1.29, 1.82) is 0 Å². The van der Waals surface area contributed by atoms with Crippen LogP contribution in [0.4, 0.5) is 0 Å². The second kappa shape index (κ2) is 10.8. The van der Waals surface area contributed by atoms with E-state index in [2.05, 4.69) is 10.5 Å². The lowest BCUT2D eigenvalue weighted by Gasteiger charge is -2.09. The van der Waals surface area contributed by atoms with Crippen LogP contribution in [-0.4, -0.2) is 31.8 Å². The summed E-state index contributed by atoms with van der Waals surface area (Å²) in [6.45, 7) is 3.79. The van der Waals surface area contributed by atoms with Crippen molar-refractivity contribution in [3.63, 3.8) is 0 Å². The summed E-state index contributed by atoms with van der Waals surface area (Å²) >= 11 is 0. The molecule has 0 aliphatic carbocycles. The van der Waals surface area contributed by atoms with Gasteiger partial charge in [0.1, 0.15) is 17.2 Å². The lowest BCUT2D eigenvalue weighted by molar-refractivity contribution is -0.123. The summed E-state index contributed by atoms with van der Waals surface area (Å²) < 4.78 is 16.0. The number of rotatable bonds is 8. The molecule has 0 aliphatic rings. The molecule has 3 rings (SSSR count). The van der Waals surface area contributed by atoms with Crippen LogP contribution < -0.4 is 19.6 Å². The number of esters is 1. The first kappa shape index (κ1) is 22.6. The SMILES string of the molecule is COc1ccc(C(=O)Oc2ccc(/C=N\NC(=O)COc3cccc(C)c3C)cc2)cc1. The number of aryl methyl sites for hydroxylation is 1. The van der Waals surface area contributed by atoms with Gasteiger partial charge in [0.25, 0.3) is 5.91 Å². The molecule has 1 N–H and O–H groups in total. The summed E-state index contributed by atoms with van der Waals surface area (Å²) in [5.74, 6) is 0.893. The first-order chi connectivity index (χ1) is 15.5. The van der Waals surface area contributed by atoms with Gasteiger partial charge in [0, 0.05) is 0 Å². The molecule has 3 aromatic rings. The number of nitrogens with zero attached hydrogens (tertiary/aromatic N) is 1. The molecule has 0 spiro atoms. The zero-order valence-corrected chi connectivity index (χ0v) is 18.1. The van der Waals surface area contributed by atoms with Crippen molar-refractivity contribution in [3.8, 4) is 17.2 Å². The van der Waals surface area contributed by atoms with Gasteiger partial charge < -0.3 is 14.2 Å². The fourth-order valence-electron chi connectivity index (χ4n) is 2.75. The Labute approximate surface area is 186 Å². The summed E-state index contributed by atoms with van der Waals surface area (Å²) in [5, 5.41) is 3.92. The number of ether oxygens (including phenoxy) is 3. The van der Waals surface area contributed by atoms with Crippen LogP contribution in [0.5, 0.6) is 17.2 Å². The average molecular weight is 432 g/mol. The van der Waals surface area contributed by atoms with Gasteiger partial charge in [-0.3, -0.25) is 4.79 Å². The van der Waals surface area contributed by atoms with Crippen molar-refractivity contribution in [2.75, 3.05) is 13.7 Å². The minimum absolute atomic E-state index is 0.137. The van der Waals surface area contributed by atoms with E-state index in [0.717, 1.165) is 16.7 Å². The molecule has 0 aliphatic heterocycles. The highest BCUT2D eigenvalue weighted by Crippen LogP contribution is 2.20. The maximum Gasteiger partial charge on any atom is 0.343 e. The molecule has 7 nitrogen and oxygen atoms in total. The predicted molar refractivity (Wildman–Crippen MR) is 122 cm³/mol. The fraction of sp³-hybridized carbons (Fsp3) is 0.160. The zero-order chi connectivity index (χ0) is 22.9. The van der Waals surface area contributed by atoms with E-state index in [9.17, 15) is 9.59 Å². The maximum atomic E-state index is 12.2. The standard InChI is InChI=1S/C25H24N2O5/c1-17-5-4-6-23(18(17)2)31-16-24(28)27-26-15-19-7-11-22(12-8-19)32-25(29)20-9-13-21(30-3)14-10-20/h4-15H,16H2,1-3H3,(H,27,28)/b26-15-. The van der Waals surface area contributed by atoms with Crippen LogP contribution in [0.15, 0.2) is 71.8 Å². The molecule has 0 saturated carbocycles. The molecule has 0 saturated heterocycles. The Morgan fingerprint density at radius 1 is 0.938 bits per heavy atom. The molecule has 7 heteroatoms. The van der Waals surface area contributed by atoms with E-state index in [1.54, 1.807) is 55.6 Å². The highest BCUT2D eigenvalue weighted by atomic mass is 16.5. The summed E-state index contributed by atoms with van der Waals surface area (Å²) in [4.78, 5) is 24.1. The highest BCUT2D eigenvalue weighted by Gasteiger charge is 2.09. The second-order valence-electron chi connectivity index (χ2n) is 6.97. The Balaban J connectivity index is 1.47. The lowest BCUT2D eigenvalue weighted by atomic mass is 10.1. The first-order valence-corrected chi connectivity index (χ1v) is 9.93. The van der Waals surface area contributed by atoms with Crippen molar-refractivity contribution >= 4 is 18.1 Å². The summed E-state index contributed by atoms with van der Waals surface area (Å²) in [7, 11) is 1.56. The molecular weight excluding hydrogens is 408 g/mol. The van der Waals surface area contributed by atoms with E-state index in [-0.39, 0.29) is 12.5 Å². The summed E-state index contributed by atoms with van der Waals surface area (Å²) in [5.41, 5.74) is 5.66. The molecule has 0 heterocycles. The van der Waals surface area contributed by atoms with E-state index in [1.165, 1.54) is 6.21 Å². The number of hydrogen-bond acceptors (Lipinski definition) is 6. The number of hydrogen-bond donors (Lipinski definition) is 1. The Hall–Kier alpha value is -4.13. The molecule has 0 unspecified atom stereocenters. The highest BCUT2D eigenvalue weighted by molar-refractivity contribution is 5.91. The Morgan fingerprint density at radius 2 is 1.62 bits per heavy atom. The zero-order valence-electron chi connectivity index (χ0n) is 18.1. The smallest absolute Gasteiger partial charge is 0.343 e. The number of methoxy groups -OCH3 is 1. The third kappa shape index (κ3) is 6.18. The van der Waals surface area contributed by atoms with Crippen molar-refractivity contribution in [1.82, 2.24) is 5.43 Å². The molecule has 0 radical (unpaired) electrons. The predicted octanol–water partition coefficient (Wildman–Crippen LogP) is 4.06. The van der Waals surface area contributed by atoms with Crippen LogP contribution in [0.25, 0.3) is 0 Å². The van der Waals surface area contributed by atoms with E-state index in [4.69, 9.17) is 14.2 Å². The average Bonchev–Trinajstić information content (AvgIpc) is 2.81. The number of carbonyl (C=O) groups is 2. The monoisotopic (exact) mass is 432 g/mol. The van der Waals surface area contributed by atoms with E-state index in [0.29, 0.717) is 22.8 Å². The van der Waals surface area contributed by atoms with Crippen molar-refractivity contribution in [2.24, 2.45) is 5.10 Å². The maximum absolute atomic E-state index is 12.2. The number of nitrogens with one attached hydrogen (secondary N) is 1. The number of amides is 1. The Kier molecular flexibility index (Phi) is 7.59. The third-order valence-corrected chi connectivity index (χ3v) is 4.73. The van der Waals surface area contributed by atoms with Crippen LogP contribution in [0.3, 0.4) is 0 Å². The lowest BCUT2D eigenvalue weighted by Crippen LogP contribution is -2.24. The molecule has 0 aromatic heterocycles. The second-order valence-corrected chi connectivity index (χ2v) is 6.97. The van der Waals surface area contributed by atoms with Gasteiger partial charge in [-0.15, -0.1) is 0 Å². The normalized spacial score (nSPS) is 10.6. The van der Waals surface area contributed by atoms with Gasteiger partial charge in [-0.1, -0.05) is 12.1 Å². The van der Waals surface area contributed by atoms with Gasteiger partial charge >= 0.3 is 5.97 Å². The van der Waals surface area contributed by atoms with Crippen molar-refractivity contribution in [3.05, 3.63) is 89.0 Å². The van der Waals surface area contributed by atoms with E-state index < -0.39 is 5.97 Å². The van der Waals surface area contributed by atoms with Gasteiger partial charge in [-0.05, 0) is 85.1 Å². The number of carbonyl (C=O) groups excluding carboxylic acids is 2. The van der Waals surface area contributed by atoms with Crippen LogP contribution in [0.2, 0.25) is 0 Å². The molecule has 0 bridgehead atoms. The van der Waals surface area contributed by atoms with Crippen LogP contribution in [0, 0.1) is 13.8 Å². The number of benzene rings is 3. The summed E-state index contributed by atoms with van der Waals surface area (Å²) in [6.07, 6.45) is 1.49. The largest absolute Gasteiger partial charge is 0.497 e. The molecule has 164 valence electrons. The van der Waals surface area contributed by atoms with Gasteiger partial charge in [-0.2, -0.15) is 5.10 Å². The quantitative estimate of drug-likeness (QED) is 0.251. The minimum atomic E-state index is -0.467. The minimum Gasteiger partial charge on any atom is -0.497 e. The van der Waals surface area contributed by atoms with Crippen LogP contribution in [0.1, 0.15) is 27.0 Å². The molecule has 0 fully saturated rings. The van der Waals surface area contributed by atoms with Gasteiger partial charge in [0.05, 0.1) is 18.9 Å². The molecule has 32 heavy (non-hydrogen) atoms. The summed E-state index contributed by atoms with van der Waals surface area (Å²) in [6, 6.07) is 19.1. The Morgan fingerprint density at radius 3 is 2.31 bits per heavy atom. The topological polar surface area (TPSA) is 86.2 Å². The van der Waals surface area contributed by atoms with Crippen LogP contribution in [-0.2, 0) is 4.79 Å². The number of hydrazone groups is 1. The molecule has 0 atom stereocenters. The first-order valence-electron chi connectivity index (χ1n) is 9.93. The van der Waals surface area contributed by atoms with Crippen molar-refractivity contribution in [2.45, 2.75) is 13.8 Å². The molecule has 1 amide bonds. The van der Waals surface area contributed by atoms with Gasteiger partial charge in [0.2, 0.25) is 0 Å². The van der Waals surface area contributed by atoms with Crippen LogP contribution >= 0.6 is 0 Å². The fourth-order valence-corrected chi connectivity index (χ4v) is 2.75. The third-order valence-electron chi connectivity index (χ3n) is 4.73.